The largest absolute Gasteiger partial charge is 0.328 e. The minimum Gasteiger partial charge on any atom is -0.328 e. The summed E-state index contributed by atoms with van der Waals surface area (Å²) in [5.41, 5.74) is 9.21. The standard InChI is InChI=1S/C16H25N3/c1-4-5-6-16-18-14-9-13(10-17)7-8-15(14)19(16)11-12(2)3/h7-9,12H,4-6,10-11,17H2,1-3H3. The van der Waals surface area contributed by atoms with Gasteiger partial charge in [-0.15, -0.1) is 0 Å². The molecule has 3 nitrogen and oxygen atoms in total. The third-order valence-corrected chi connectivity index (χ3v) is 3.43. The fraction of sp³-hybridized carbons (Fsp3) is 0.562. The summed E-state index contributed by atoms with van der Waals surface area (Å²) in [5.74, 6) is 1.85. The van der Waals surface area contributed by atoms with Gasteiger partial charge in [0.1, 0.15) is 5.82 Å². The number of benzene rings is 1. The van der Waals surface area contributed by atoms with Gasteiger partial charge in [-0.3, -0.25) is 0 Å². The van der Waals surface area contributed by atoms with E-state index in [0.717, 1.165) is 24.0 Å². The molecule has 0 atom stereocenters. The van der Waals surface area contributed by atoms with E-state index >= 15 is 0 Å². The summed E-state index contributed by atoms with van der Waals surface area (Å²) in [5, 5.41) is 0. The van der Waals surface area contributed by atoms with E-state index in [1.165, 1.54) is 24.2 Å². The highest BCUT2D eigenvalue weighted by Gasteiger charge is 2.11. The summed E-state index contributed by atoms with van der Waals surface area (Å²) in [6.07, 6.45) is 3.47. The molecule has 1 aromatic carbocycles. The van der Waals surface area contributed by atoms with Crippen LogP contribution < -0.4 is 5.73 Å². The SMILES string of the molecule is CCCCc1nc2cc(CN)ccc2n1CC(C)C. The highest BCUT2D eigenvalue weighted by molar-refractivity contribution is 5.77. The summed E-state index contributed by atoms with van der Waals surface area (Å²) in [6, 6.07) is 6.41. The minimum atomic E-state index is 0.581. The summed E-state index contributed by atoms with van der Waals surface area (Å²) in [4.78, 5) is 4.82. The Bertz CT molecular complexity index is 540. The van der Waals surface area contributed by atoms with Gasteiger partial charge in [0.25, 0.3) is 0 Å². The Morgan fingerprint density at radius 3 is 2.74 bits per heavy atom. The van der Waals surface area contributed by atoms with Crippen molar-refractivity contribution in [1.82, 2.24) is 9.55 Å². The second-order valence-electron chi connectivity index (χ2n) is 5.66. The van der Waals surface area contributed by atoms with E-state index in [1.807, 2.05) is 0 Å². The molecule has 0 fully saturated rings. The first-order valence-corrected chi connectivity index (χ1v) is 7.33. The Labute approximate surface area is 115 Å². The highest BCUT2D eigenvalue weighted by Crippen LogP contribution is 2.20. The van der Waals surface area contributed by atoms with Crippen LogP contribution in [-0.2, 0) is 19.5 Å². The van der Waals surface area contributed by atoms with Crippen molar-refractivity contribution in [3.63, 3.8) is 0 Å². The zero-order chi connectivity index (χ0) is 13.8. The Kier molecular flexibility index (Phi) is 4.59. The van der Waals surface area contributed by atoms with Crippen LogP contribution in [0.2, 0.25) is 0 Å². The topological polar surface area (TPSA) is 43.8 Å². The average Bonchev–Trinajstić information content (AvgIpc) is 2.73. The third-order valence-electron chi connectivity index (χ3n) is 3.43. The predicted molar refractivity (Wildman–Crippen MR) is 81.1 cm³/mol. The lowest BCUT2D eigenvalue weighted by atomic mass is 10.2. The van der Waals surface area contributed by atoms with E-state index in [2.05, 4.69) is 43.5 Å². The second-order valence-corrected chi connectivity index (χ2v) is 5.66. The van der Waals surface area contributed by atoms with Crippen molar-refractivity contribution in [2.75, 3.05) is 0 Å². The van der Waals surface area contributed by atoms with Gasteiger partial charge in [0.2, 0.25) is 0 Å². The highest BCUT2D eigenvalue weighted by atomic mass is 15.1. The summed E-state index contributed by atoms with van der Waals surface area (Å²) in [6.45, 7) is 8.35. The molecule has 1 heterocycles. The number of nitrogens with two attached hydrogens (primary N) is 1. The van der Waals surface area contributed by atoms with E-state index in [0.29, 0.717) is 12.5 Å². The smallest absolute Gasteiger partial charge is 0.109 e. The van der Waals surface area contributed by atoms with Gasteiger partial charge >= 0.3 is 0 Å². The number of aryl methyl sites for hydroxylation is 1. The monoisotopic (exact) mass is 259 g/mol. The van der Waals surface area contributed by atoms with Crippen molar-refractivity contribution in [3.05, 3.63) is 29.6 Å². The minimum absolute atomic E-state index is 0.581. The molecule has 1 aromatic heterocycles. The van der Waals surface area contributed by atoms with Crippen LogP contribution in [0.25, 0.3) is 11.0 Å². The van der Waals surface area contributed by atoms with Crippen LogP contribution in [0, 0.1) is 5.92 Å². The zero-order valence-electron chi connectivity index (χ0n) is 12.3. The van der Waals surface area contributed by atoms with Crippen molar-refractivity contribution < 1.29 is 0 Å². The van der Waals surface area contributed by atoms with Gasteiger partial charge in [0.05, 0.1) is 11.0 Å². The molecule has 3 heteroatoms. The number of hydrogen-bond donors (Lipinski definition) is 1. The van der Waals surface area contributed by atoms with Crippen molar-refractivity contribution in [2.24, 2.45) is 11.7 Å². The predicted octanol–water partition coefficient (Wildman–Crippen LogP) is 3.49. The Balaban J connectivity index is 2.45. The molecule has 19 heavy (non-hydrogen) atoms. The van der Waals surface area contributed by atoms with E-state index in [4.69, 9.17) is 10.7 Å². The number of fused-ring (bicyclic) bond motifs is 1. The molecular weight excluding hydrogens is 234 g/mol. The van der Waals surface area contributed by atoms with E-state index in [1.54, 1.807) is 0 Å². The summed E-state index contributed by atoms with van der Waals surface area (Å²) < 4.78 is 2.38. The number of aromatic nitrogens is 2. The maximum absolute atomic E-state index is 5.71. The molecule has 0 aliphatic rings. The molecule has 0 saturated heterocycles. The molecule has 0 bridgehead atoms. The van der Waals surface area contributed by atoms with E-state index in [-0.39, 0.29) is 0 Å². The number of imidazole rings is 1. The van der Waals surface area contributed by atoms with Crippen LogP contribution in [0.15, 0.2) is 18.2 Å². The lowest BCUT2D eigenvalue weighted by Gasteiger charge is -2.11. The average molecular weight is 259 g/mol. The van der Waals surface area contributed by atoms with Gasteiger partial charge in [-0.05, 0) is 30.0 Å². The molecular formula is C16H25N3. The maximum Gasteiger partial charge on any atom is 0.109 e. The van der Waals surface area contributed by atoms with Gasteiger partial charge in [-0.1, -0.05) is 33.3 Å². The molecule has 0 unspecified atom stereocenters. The zero-order valence-corrected chi connectivity index (χ0v) is 12.3. The van der Waals surface area contributed by atoms with Gasteiger partial charge in [-0.25, -0.2) is 4.98 Å². The number of hydrogen-bond acceptors (Lipinski definition) is 2. The van der Waals surface area contributed by atoms with Crippen LogP contribution in [0.3, 0.4) is 0 Å². The van der Waals surface area contributed by atoms with E-state index in [9.17, 15) is 0 Å². The molecule has 2 aromatic rings. The molecule has 0 spiro atoms. The first-order chi connectivity index (χ1) is 9.15. The van der Waals surface area contributed by atoms with Crippen molar-refractivity contribution in [3.8, 4) is 0 Å². The first-order valence-electron chi connectivity index (χ1n) is 7.33. The molecule has 0 aliphatic carbocycles. The Hall–Kier alpha value is -1.35. The molecule has 0 radical (unpaired) electrons. The molecule has 0 amide bonds. The van der Waals surface area contributed by atoms with Crippen LogP contribution in [0.5, 0.6) is 0 Å². The summed E-state index contributed by atoms with van der Waals surface area (Å²) >= 11 is 0. The molecule has 104 valence electrons. The van der Waals surface area contributed by atoms with Crippen LogP contribution in [-0.4, -0.2) is 9.55 Å². The first kappa shape index (κ1) is 14.1. The maximum atomic E-state index is 5.71. The van der Waals surface area contributed by atoms with Crippen LogP contribution in [0.4, 0.5) is 0 Å². The Morgan fingerprint density at radius 1 is 1.32 bits per heavy atom. The van der Waals surface area contributed by atoms with Crippen molar-refractivity contribution in [2.45, 2.75) is 53.1 Å². The number of unbranched alkanes of at least 4 members (excludes halogenated alkanes) is 1. The van der Waals surface area contributed by atoms with E-state index < -0.39 is 0 Å². The second kappa shape index (κ2) is 6.20. The fourth-order valence-corrected chi connectivity index (χ4v) is 2.45. The number of rotatable bonds is 6. The third kappa shape index (κ3) is 3.16. The fourth-order valence-electron chi connectivity index (χ4n) is 2.45. The van der Waals surface area contributed by atoms with Gasteiger partial charge < -0.3 is 10.3 Å². The lowest BCUT2D eigenvalue weighted by molar-refractivity contribution is 0.513. The molecule has 0 aliphatic heterocycles. The van der Waals surface area contributed by atoms with Crippen LogP contribution in [0.1, 0.15) is 45.0 Å². The normalized spacial score (nSPS) is 11.6. The van der Waals surface area contributed by atoms with Gasteiger partial charge in [-0.2, -0.15) is 0 Å². The van der Waals surface area contributed by atoms with Crippen LogP contribution >= 0.6 is 0 Å². The molecule has 2 rings (SSSR count). The summed E-state index contributed by atoms with van der Waals surface area (Å²) in [7, 11) is 0. The van der Waals surface area contributed by atoms with Crippen molar-refractivity contribution in [1.29, 1.82) is 0 Å². The quantitative estimate of drug-likeness (QED) is 0.863. The van der Waals surface area contributed by atoms with Gasteiger partial charge in [0.15, 0.2) is 0 Å². The molecule has 0 saturated carbocycles. The van der Waals surface area contributed by atoms with Crippen molar-refractivity contribution >= 4 is 11.0 Å². The number of nitrogens with zero attached hydrogens (tertiary/aromatic N) is 2. The van der Waals surface area contributed by atoms with Gasteiger partial charge in [0, 0.05) is 19.5 Å². The lowest BCUT2D eigenvalue weighted by Crippen LogP contribution is -2.08. The molecule has 2 N–H and O–H groups in total. The Morgan fingerprint density at radius 2 is 2.11 bits per heavy atom.